The summed E-state index contributed by atoms with van der Waals surface area (Å²) < 4.78 is 10.5. The van der Waals surface area contributed by atoms with Gasteiger partial charge in [0, 0.05) is 17.9 Å². The molecule has 3 heterocycles. The molecule has 0 radical (unpaired) electrons. The summed E-state index contributed by atoms with van der Waals surface area (Å²) in [5, 5.41) is 27.0. The summed E-state index contributed by atoms with van der Waals surface area (Å²) in [4.78, 5) is 25.3. The molecule has 0 saturated carbocycles. The molecule has 0 aliphatic heterocycles. The number of anilines is 1. The Bertz CT molecular complexity index is 1210. The summed E-state index contributed by atoms with van der Waals surface area (Å²) in [5.74, 6) is 0.611. The fourth-order valence-electron chi connectivity index (χ4n) is 3.50. The topological polar surface area (TPSA) is 130 Å². The standard InChI is InChI=1S/C22H21N5O4S2/c1-13-26-27-20(31-13)10-24-22(29)30-11-15-2-4-16-17(9-23)21(33-18(16)8-15)25-19(28)5-3-14-6-7-32-12-14/h3,5-7,12,15H,2,4,8,10-11H2,1H3,(H,24,29)(H,25,28)/b5-3+. The van der Waals surface area contributed by atoms with Crippen molar-refractivity contribution in [3.63, 3.8) is 0 Å². The van der Waals surface area contributed by atoms with Crippen molar-refractivity contribution < 1.29 is 18.7 Å². The third kappa shape index (κ3) is 5.85. The van der Waals surface area contributed by atoms with Crippen molar-refractivity contribution >= 4 is 45.8 Å². The van der Waals surface area contributed by atoms with Crippen LogP contribution in [0.4, 0.5) is 9.80 Å². The van der Waals surface area contributed by atoms with Gasteiger partial charge < -0.3 is 19.8 Å². The van der Waals surface area contributed by atoms with Crippen LogP contribution < -0.4 is 10.6 Å². The van der Waals surface area contributed by atoms with Crippen molar-refractivity contribution in [2.24, 2.45) is 5.92 Å². The minimum absolute atomic E-state index is 0.106. The Morgan fingerprint density at radius 2 is 2.30 bits per heavy atom. The molecule has 0 bridgehead atoms. The van der Waals surface area contributed by atoms with E-state index in [9.17, 15) is 14.9 Å². The normalized spacial score (nSPS) is 15.1. The minimum Gasteiger partial charge on any atom is -0.449 e. The number of fused-ring (bicyclic) bond motifs is 1. The number of aromatic nitrogens is 2. The van der Waals surface area contributed by atoms with Crippen LogP contribution >= 0.6 is 22.7 Å². The second-order valence-electron chi connectivity index (χ2n) is 7.47. The first-order chi connectivity index (χ1) is 16.0. The Hall–Kier alpha value is -3.49. The van der Waals surface area contributed by atoms with E-state index in [1.54, 1.807) is 24.3 Å². The Labute approximate surface area is 198 Å². The SMILES string of the molecule is Cc1nnc(CNC(=O)OCC2CCc3c(sc(NC(=O)/C=C/c4ccsc4)c3C#N)C2)o1. The summed E-state index contributed by atoms with van der Waals surface area (Å²) in [6, 6.07) is 4.16. The molecule has 11 heteroatoms. The molecule has 2 N–H and O–H groups in total. The average molecular weight is 484 g/mol. The zero-order valence-electron chi connectivity index (χ0n) is 17.8. The molecule has 170 valence electrons. The summed E-state index contributed by atoms with van der Waals surface area (Å²) in [5.41, 5.74) is 2.46. The molecule has 3 aromatic heterocycles. The minimum atomic E-state index is -0.550. The molecule has 0 aromatic carbocycles. The van der Waals surface area contributed by atoms with Crippen molar-refractivity contribution in [1.82, 2.24) is 15.5 Å². The lowest BCUT2D eigenvalue weighted by Crippen LogP contribution is -2.27. The first-order valence-corrected chi connectivity index (χ1v) is 12.0. The molecule has 1 aliphatic rings. The number of thiophene rings is 2. The maximum Gasteiger partial charge on any atom is 0.407 e. The lowest BCUT2D eigenvalue weighted by atomic mass is 9.88. The van der Waals surface area contributed by atoms with E-state index in [0.29, 0.717) is 35.2 Å². The van der Waals surface area contributed by atoms with Crippen LogP contribution in [0.2, 0.25) is 0 Å². The number of nitrogens with one attached hydrogen (secondary N) is 2. The lowest BCUT2D eigenvalue weighted by molar-refractivity contribution is -0.111. The number of carbonyl (C=O) groups is 2. The molecule has 2 amide bonds. The first kappa shape index (κ1) is 22.7. The van der Waals surface area contributed by atoms with Crippen LogP contribution in [0.3, 0.4) is 0 Å². The van der Waals surface area contributed by atoms with E-state index in [-0.39, 0.29) is 25.0 Å². The van der Waals surface area contributed by atoms with E-state index in [4.69, 9.17) is 9.15 Å². The summed E-state index contributed by atoms with van der Waals surface area (Å²) in [7, 11) is 0. The van der Waals surface area contributed by atoms with E-state index in [1.165, 1.54) is 17.4 Å². The quantitative estimate of drug-likeness (QED) is 0.485. The summed E-state index contributed by atoms with van der Waals surface area (Å²) >= 11 is 2.98. The molecule has 33 heavy (non-hydrogen) atoms. The molecular weight excluding hydrogens is 462 g/mol. The van der Waals surface area contributed by atoms with Gasteiger partial charge in [-0.1, -0.05) is 0 Å². The molecular formula is C22H21N5O4S2. The maximum atomic E-state index is 12.3. The number of amides is 2. The molecule has 1 aliphatic carbocycles. The predicted molar refractivity (Wildman–Crippen MR) is 124 cm³/mol. The van der Waals surface area contributed by atoms with Gasteiger partial charge in [-0.2, -0.15) is 16.6 Å². The summed E-state index contributed by atoms with van der Waals surface area (Å²) in [6.07, 6.45) is 4.83. The predicted octanol–water partition coefficient (Wildman–Crippen LogP) is 4.06. The fraction of sp³-hybridized carbons (Fsp3) is 0.318. The molecule has 9 nitrogen and oxygen atoms in total. The second kappa shape index (κ2) is 10.4. The van der Waals surface area contributed by atoms with E-state index < -0.39 is 6.09 Å². The van der Waals surface area contributed by atoms with Crippen LogP contribution in [0.5, 0.6) is 0 Å². The first-order valence-electron chi connectivity index (χ1n) is 10.3. The number of carbonyl (C=O) groups excluding carboxylic acids is 2. The largest absolute Gasteiger partial charge is 0.449 e. The van der Waals surface area contributed by atoms with Crippen molar-refractivity contribution in [2.75, 3.05) is 11.9 Å². The monoisotopic (exact) mass is 483 g/mol. The number of nitriles is 1. The Morgan fingerprint density at radius 3 is 3.03 bits per heavy atom. The molecule has 4 rings (SSSR count). The molecule has 0 spiro atoms. The average Bonchev–Trinajstić information content (AvgIpc) is 3.54. The number of rotatable bonds is 7. The maximum absolute atomic E-state index is 12.3. The van der Waals surface area contributed by atoms with Crippen LogP contribution in [0.1, 0.15) is 39.8 Å². The lowest BCUT2D eigenvalue weighted by Gasteiger charge is -2.21. The third-order valence-corrected chi connectivity index (χ3v) is 6.96. The van der Waals surface area contributed by atoms with Crippen LogP contribution in [0.15, 0.2) is 27.3 Å². The molecule has 0 fully saturated rings. The van der Waals surface area contributed by atoms with Crippen molar-refractivity contribution in [3.05, 3.63) is 56.3 Å². The van der Waals surface area contributed by atoms with E-state index in [1.807, 2.05) is 16.8 Å². The highest BCUT2D eigenvalue weighted by atomic mass is 32.1. The number of hydrogen-bond donors (Lipinski definition) is 2. The Kier molecular flexibility index (Phi) is 7.16. The van der Waals surface area contributed by atoms with E-state index >= 15 is 0 Å². The number of ether oxygens (including phenoxy) is 1. The van der Waals surface area contributed by atoms with Gasteiger partial charge in [0.05, 0.1) is 18.7 Å². The fourth-order valence-corrected chi connectivity index (χ4v) is 5.44. The molecule has 1 unspecified atom stereocenters. The zero-order valence-corrected chi connectivity index (χ0v) is 19.4. The highest BCUT2D eigenvalue weighted by Crippen LogP contribution is 2.39. The molecule has 3 aromatic rings. The Balaban J connectivity index is 1.31. The van der Waals surface area contributed by atoms with Gasteiger partial charge in [0.25, 0.3) is 0 Å². The van der Waals surface area contributed by atoms with Crippen LogP contribution in [0.25, 0.3) is 6.08 Å². The van der Waals surface area contributed by atoms with Crippen LogP contribution in [-0.2, 0) is 28.9 Å². The van der Waals surface area contributed by atoms with Crippen molar-refractivity contribution in [1.29, 1.82) is 5.26 Å². The number of aryl methyl sites for hydroxylation is 1. The van der Waals surface area contributed by atoms with Gasteiger partial charge in [0.15, 0.2) is 0 Å². The molecule has 0 saturated heterocycles. The van der Waals surface area contributed by atoms with Gasteiger partial charge >= 0.3 is 6.09 Å². The van der Waals surface area contributed by atoms with Crippen LogP contribution in [-0.4, -0.2) is 28.8 Å². The number of alkyl carbamates (subject to hydrolysis) is 1. The highest BCUT2D eigenvalue weighted by molar-refractivity contribution is 7.16. The van der Waals surface area contributed by atoms with Gasteiger partial charge in [-0.25, -0.2) is 4.79 Å². The molecule has 1 atom stereocenters. The highest BCUT2D eigenvalue weighted by Gasteiger charge is 2.27. The van der Waals surface area contributed by atoms with Crippen molar-refractivity contribution in [2.45, 2.75) is 32.7 Å². The number of hydrogen-bond acceptors (Lipinski definition) is 9. The van der Waals surface area contributed by atoms with Gasteiger partial charge in [0.1, 0.15) is 11.1 Å². The second-order valence-corrected chi connectivity index (χ2v) is 9.36. The zero-order chi connectivity index (χ0) is 23.2. The van der Waals surface area contributed by atoms with Crippen LogP contribution in [0, 0.1) is 24.2 Å². The van der Waals surface area contributed by atoms with E-state index in [2.05, 4.69) is 26.9 Å². The third-order valence-electron chi connectivity index (χ3n) is 5.09. The van der Waals surface area contributed by atoms with Gasteiger partial charge in [0.2, 0.25) is 17.7 Å². The number of nitrogens with zero attached hydrogens (tertiary/aromatic N) is 3. The van der Waals surface area contributed by atoms with Gasteiger partial charge in [-0.05, 0) is 59.2 Å². The summed E-state index contributed by atoms with van der Waals surface area (Å²) in [6.45, 7) is 2.04. The Morgan fingerprint density at radius 1 is 1.42 bits per heavy atom. The van der Waals surface area contributed by atoms with Gasteiger partial charge in [-0.3, -0.25) is 4.79 Å². The van der Waals surface area contributed by atoms with E-state index in [0.717, 1.165) is 22.4 Å². The van der Waals surface area contributed by atoms with Crippen molar-refractivity contribution in [3.8, 4) is 6.07 Å². The van der Waals surface area contributed by atoms with Gasteiger partial charge in [-0.15, -0.1) is 21.5 Å². The smallest absolute Gasteiger partial charge is 0.407 e.